The number of amidine groups is 1. The van der Waals surface area contributed by atoms with E-state index < -0.39 is 0 Å². The van der Waals surface area contributed by atoms with Crippen LogP contribution in [0.2, 0.25) is 0 Å². The summed E-state index contributed by atoms with van der Waals surface area (Å²) in [6, 6.07) is 6.60. The van der Waals surface area contributed by atoms with E-state index in [-0.39, 0.29) is 11.7 Å². The highest BCUT2D eigenvalue weighted by molar-refractivity contribution is 6.13. The average Bonchev–Trinajstić information content (AvgIpc) is 2.60. The number of benzene rings is 1. The third-order valence-corrected chi connectivity index (χ3v) is 2.69. The maximum atomic E-state index is 12.0. The van der Waals surface area contributed by atoms with Gasteiger partial charge in [-0.1, -0.05) is 12.1 Å². The summed E-state index contributed by atoms with van der Waals surface area (Å²) in [5.74, 6) is 0.723. The van der Waals surface area contributed by atoms with Crippen LogP contribution in [-0.4, -0.2) is 34.8 Å². The van der Waals surface area contributed by atoms with Crippen molar-refractivity contribution >= 4 is 17.8 Å². The number of aliphatic imine (C=N–C) groups is 1. The third kappa shape index (κ3) is 2.41. The van der Waals surface area contributed by atoms with E-state index >= 15 is 0 Å². The fraction of sp³-hybridized carbons (Fsp3) is 0.231. The Balaban J connectivity index is 2.25. The Hall–Kier alpha value is -2.14. The van der Waals surface area contributed by atoms with Crippen molar-refractivity contribution < 1.29 is 9.90 Å². The van der Waals surface area contributed by atoms with Crippen LogP contribution in [0.25, 0.3) is 6.08 Å². The Morgan fingerprint density at radius 1 is 1.39 bits per heavy atom. The Morgan fingerprint density at radius 3 is 2.67 bits per heavy atom. The van der Waals surface area contributed by atoms with Gasteiger partial charge < -0.3 is 10.8 Å². The van der Waals surface area contributed by atoms with E-state index in [1.807, 2.05) is 0 Å². The molecule has 0 aliphatic carbocycles. The lowest BCUT2D eigenvalue weighted by Gasteiger charge is -2.13. The van der Waals surface area contributed by atoms with Crippen LogP contribution >= 0.6 is 0 Å². The van der Waals surface area contributed by atoms with Crippen molar-refractivity contribution in [2.45, 2.75) is 6.92 Å². The fourth-order valence-corrected chi connectivity index (χ4v) is 1.78. The molecular weight excluding hydrogens is 230 g/mol. The molecule has 0 spiro atoms. The molecule has 0 radical (unpaired) electrons. The highest BCUT2D eigenvalue weighted by Gasteiger charge is 2.26. The number of carbonyl (C=O) groups is 1. The molecule has 0 unspecified atom stereocenters. The first-order valence-corrected chi connectivity index (χ1v) is 5.70. The summed E-state index contributed by atoms with van der Waals surface area (Å²) < 4.78 is 0. The maximum absolute atomic E-state index is 12.0. The summed E-state index contributed by atoms with van der Waals surface area (Å²) in [6.07, 6.45) is 1.70. The van der Waals surface area contributed by atoms with Crippen LogP contribution in [0.15, 0.2) is 35.0 Å². The second kappa shape index (κ2) is 5.01. The van der Waals surface area contributed by atoms with Crippen LogP contribution in [0.3, 0.4) is 0 Å². The van der Waals surface area contributed by atoms with Crippen molar-refractivity contribution in [2.75, 3.05) is 13.1 Å². The summed E-state index contributed by atoms with van der Waals surface area (Å²) in [7, 11) is 0. The molecular formula is C13H15N3O2. The van der Waals surface area contributed by atoms with E-state index in [1.54, 1.807) is 42.2 Å². The lowest BCUT2D eigenvalue weighted by atomic mass is 10.2. The van der Waals surface area contributed by atoms with E-state index in [1.165, 1.54) is 0 Å². The van der Waals surface area contributed by atoms with Crippen LogP contribution in [0.5, 0.6) is 5.75 Å². The topological polar surface area (TPSA) is 78.9 Å². The van der Waals surface area contributed by atoms with Gasteiger partial charge in [0.1, 0.15) is 17.3 Å². The quantitative estimate of drug-likeness (QED) is 0.778. The summed E-state index contributed by atoms with van der Waals surface area (Å²) in [5.41, 5.74) is 6.67. The SMILES string of the molecule is CC1=N/C(=C/c2ccc(O)cc2)C(=O)N1CCN. The largest absolute Gasteiger partial charge is 0.508 e. The molecule has 1 aromatic carbocycles. The van der Waals surface area contributed by atoms with Gasteiger partial charge in [-0.2, -0.15) is 0 Å². The molecule has 5 nitrogen and oxygen atoms in total. The molecule has 3 N–H and O–H groups in total. The zero-order valence-electron chi connectivity index (χ0n) is 10.1. The van der Waals surface area contributed by atoms with E-state index in [4.69, 9.17) is 5.73 Å². The molecule has 0 fully saturated rings. The van der Waals surface area contributed by atoms with Gasteiger partial charge in [0, 0.05) is 13.1 Å². The lowest BCUT2D eigenvalue weighted by molar-refractivity contribution is -0.122. The second-order valence-corrected chi connectivity index (χ2v) is 4.03. The molecule has 0 bridgehead atoms. The number of hydrogen-bond donors (Lipinski definition) is 2. The number of rotatable bonds is 3. The number of aromatic hydroxyl groups is 1. The number of nitrogens with two attached hydrogens (primary N) is 1. The Kier molecular flexibility index (Phi) is 3.43. The monoisotopic (exact) mass is 245 g/mol. The Labute approximate surface area is 105 Å². The Bertz CT molecular complexity index is 518. The Morgan fingerprint density at radius 2 is 2.06 bits per heavy atom. The molecule has 1 amide bonds. The molecule has 0 saturated heterocycles. The number of carbonyl (C=O) groups excluding carboxylic acids is 1. The van der Waals surface area contributed by atoms with Crippen LogP contribution in [-0.2, 0) is 4.79 Å². The summed E-state index contributed by atoms with van der Waals surface area (Å²) in [4.78, 5) is 17.8. The minimum absolute atomic E-state index is 0.133. The fourth-order valence-electron chi connectivity index (χ4n) is 1.78. The van der Waals surface area contributed by atoms with Crippen molar-refractivity contribution in [3.63, 3.8) is 0 Å². The van der Waals surface area contributed by atoms with Gasteiger partial charge in [0.25, 0.3) is 5.91 Å². The summed E-state index contributed by atoms with van der Waals surface area (Å²) >= 11 is 0. The van der Waals surface area contributed by atoms with Gasteiger partial charge in [-0.25, -0.2) is 4.99 Å². The predicted molar refractivity (Wildman–Crippen MR) is 70.0 cm³/mol. The minimum atomic E-state index is -0.133. The van der Waals surface area contributed by atoms with Gasteiger partial charge in [-0.15, -0.1) is 0 Å². The summed E-state index contributed by atoms with van der Waals surface area (Å²) in [6.45, 7) is 2.66. The van der Waals surface area contributed by atoms with Crippen molar-refractivity contribution in [1.29, 1.82) is 0 Å². The van der Waals surface area contributed by atoms with Crippen molar-refractivity contribution in [3.8, 4) is 5.75 Å². The molecule has 1 heterocycles. The van der Waals surface area contributed by atoms with Crippen LogP contribution < -0.4 is 5.73 Å². The zero-order valence-corrected chi connectivity index (χ0v) is 10.1. The molecule has 0 atom stereocenters. The molecule has 1 aromatic rings. The first-order valence-electron chi connectivity index (χ1n) is 5.70. The van der Waals surface area contributed by atoms with Crippen LogP contribution in [0.1, 0.15) is 12.5 Å². The van der Waals surface area contributed by atoms with Crippen LogP contribution in [0, 0.1) is 0 Å². The molecule has 5 heteroatoms. The van der Waals surface area contributed by atoms with Crippen LogP contribution in [0.4, 0.5) is 0 Å². The van der Waals surface area contributed by atoms with Gasteiger partial charge >= 0.3 is 0 Å². The number of phenolic OH excluding ortho intramolecular Hbond substituents is 1. The van der Waals surface area contributed by atoms with Gasteiger partial charge in [0.05, 0.1) is 0 Å². The third-order valence-electron chi connectivity index (χ3n) is 2.69. The van der Waals surface area contributed by atoms with Gasteiger partial charge in [0.2, 0.25) is 0 Å². The lowest BCUT2D eigenvalue weighted by Crippen LogP contribution is -2.34. The van der Waals surface area contributed by atoms with Gasteiger partial charge in [-0.3, -0.25) is 9.69 Å². The highest BCUT2D eigenvalue weighted by Crippen LogP contribution is 2.19. The molecule has 2 rings (SSSR count). The van der Waals surface area contributed by atoms with E-state index in [9.17, 15) is 9.90 Å². The normalized spacial score (nSPS) is 17.4. The molecule has 1 aliphatic rings. The molecule has 1 aliphatic heterocycles. The minimum Gasteiger partial charge on any atom is -0.508 e. The predicted octanol–water partition coefficient (Wildman–Crippen LogP) is 0.952. The molecule has 0 saturated carbocycles. The van der Waals surface area contributed by atoms with Gasteiger partial charge in [0.15, 0.2) is 0 Å². The maximum Gasteiger partial charge on any atom is 0.277 e. The number of hydrogen-bond acceptors (Lipinski definition) is 4. The molecule has 94 valence electrons. The average molecular weight is 245 g/mol. The van der Waals surface area contributed by atoms with Crippen molar-refractivity contribution in [3.05, 3.63) is 35.5 Å². The first kappa shape index (κ1) is 12.3. The van der Waals surface area contributed by atoms with E-state index in [0.29, 0.717) is 24.6 Å². The standard InChI is InChI=1S/C13H15N3O2/c1-9-15-12(13(18)16(9)7-6-14)8-10-2-4-11(17)5-3-10/h2-5,8,17H,6-7,14H2,1H3/b12-8+. The van der Waals surface area contributed by atoms with E-state index in [0.717, 1.165) is 5.56 Å². The number of amides is 1. The molecule has 0 aromatic heterocycles. The number of nitrogens with zero attached hydrogens (tertiary/aromatic N) is 2. The smallest absolute Gasteiger partial charge is 0.277 e. The van der Waals surface area contributed by atoms with Crippen molar-refractivity contribution in [2.24, 2.45) is 10.7 Å². The first-order chi connectivity index (χ1) is 8.61. The number of phenols is 1. The second-order valence-electron chi connectivity index (χ2n) is 4.03. The van der Waals surface area contributed by atoms with Crippen molar-refractivity contribution in [1.82, 2.24) is 4.90 Å². The molecule has 18 heavy (non-hydrogen) atoms. The van der Waals surface area contributed by atoms with E-state index in [2.05, 4.69) is 4.99 Å². The van der Waals surface area contributed by atoms with Gasteiger partial charge in [-0.05, 0) is 30.7 Å². The summed E-state index contributed by atoms with van der Waals surface area (Å²) in [5, 5.41) is 9.19. The zero-order chi connectivity index (χ0) is 13.1. The highest BCUT2D eigenvalue weighted by atomic mass is 16.3.